The minimum absolute atomic E-state index is 0.300. The van der Waals surface area contributed by atoms with Crippen LogP contribution in [-0.2, 0) is 0 Å². The maximum atomic E-state index is 13.2. The van der Waals surface area contributed by atoms with Gasteiger partial charge in [0.2, 0.25) is 5.95 Å². The first-order valence-electron chi connectivity index (χ1n) is 10.7. The van der Waals surface area contributed by atoms with Gasteiger partial charge in [0.05, 0.1) is 17.9 Å². The summed E-state index contributed by atoms with van der Waals surface area (Å²) in [5.41, 5.74) is 3.25. The molecule has 0 atom stereocenters. The molecule has 1 heterocycles. The van der Waals surface area contributed by atoms with Crippen molar-refractivity contribution in [3.05, 3.63) is 96.2 Å². The molecule has 0 bridgehead atoms. The normalized spacial score (nSPS) is 10.4. The number of hydrogen-bond acceptors (Lipinski definition) is 6. The second kappa shape index (κ2) is 10.3. The van der Waals surface area contributed by atoms with E-state index in [1.807, 2.05) is 80.6 Å². The molecule has 4 aromatic rings. The number of aryl methyl sites for hydroxylation is 1. The number of anilines is 5. The molecule has 4 rings (SSSR count). The second-order valence-electron chi connectivity index (χ2n) is 7.22. The number of carbonyl (C=O) groups excluding carboxylic acids is 1. The lowest BCUT2D eigenvalue weighted by Crippen LogP contribution is -2.17. The third kappa shape index (κ3) is 5.46. The van der Waals surface area contributed by atoms with Crippen molar-refractivity contribution in [2.45, 2.75) is 13.8 Å². The van der Waals surface area contributed by atoms with Gasteiger partial charge >= 0.3 is 0 Å². The maximum absolute atomic E-state index is 13.2. The van der Waals surface area contributed by atoms with Crippen molar-refractivity contribution < 1.29 is 9.53 Å². The highest BCUT2D eigenvalue weighted by atomic mass is 16.5. The Morgan fingerprint density at radius 2 is 1.42 bits per heavy atom. The summed E-state index contributed by atoms with van der Waals surface area (Å²) in [6.07, 6.45) is 0. The zero-order valence-electron chi connectivity index (χ0n) is 18.5. The van der Waals surface area contributed by atoms with E-state index < -0.39 is 0 Å². The highest BCUT2D eigenvalue weighted by Crippen LogP contribution is 2.30. The maximum Gasteiger partial charge on any atom is 0.259 e. The van der Waals surface area contributed by atoms with Crippen LogP contribution in [0.5, 0.6) is 5.75 Å². The number of para-hydroxylation sites is 3. The molecule has 7 heteroatoms. The molecule has 0 aliphatic carbocycles. The number of nitrogens with zero attached hydrogens (tertiary/aromatic N) is 2. The summed E-state index contributed by atoms with van der Waals surface area (Å²) in [6.45, 7) is 4.18. The van der Waals surface area contributed by atoms with Crippen LogP contribution in [0, 0.1) is 6.92 Å². The van der Waals surface area contributed by atoms with Gasteiger partial charge in [0.1, 0.15) is 11.4 Å². The molecule has 1 amide bonds. The summed E-state index contributed by atoms with van der Waals surface area (Å²) in [7, 11) is 0. The highest BCUT2D eigenvalue weighted by Gasteiger charge is 2.18. The Kier molecular flexibility index (Phi) is 6.80. The summed E-state index contributed by atoms with van der Waals surface area (Å²) < 4.78 is 5.62. The Labute approximate surface area is 192 Å². The molecule has 0 fully saturated rings. The lowest BCUT2D eigenvalue weighted by atomic mass is 10.2. The van der Waals surface area contributed by atoms with Gasteiger partial charge in [-0.3, -0.25) is 4.79 Å². The van der Waals surface area contributed by atoms with Gasteiger partial charge in [0, 0.05) is 11.4 Å². The number of carbonyl (C=O) groups is 1. The average Bonchev–Trinajstić information content (AvgIpc) is 2.83. The fraction of sp³-hybridized carbons (Fsp3) is 0.115. The first-order valence-corrected chi connectivity index (χ1v) is 10.7. The Hall–Kier alpha value is -4.39. The van der Waals surface area contributed by atoms with Crippen LogP contribution in [0.2, 0.25) is 0 Å². The molecule has 1 aromatic heterocycles. The molecule has 3 N–H and O–H groups in total. The number of hydrogen-bond donors (Lipinski definition) is 3. The third-order valence-electron chi connectivity index (χ3n) is 4.83. The minimum atomic E-state index is -0.300. The van der Waals surface area contributed by atoms with E-state index in [0.29, 0.717) is 41.1 Å². The zero-order valence-corrected chi connectivity index (χ0v) is 18.5. The first kappa shape index (κ1) is 21.8. The van der Waals surface area contributed by atoms with E-state index in [4.69, 9.17) is 4.74 Å². The highest BCUT2D eigenvalue weighted by molar-refractivity contribution is 6.08. The molecular formula is C26H25N5O2. The predicted octanol–water partition coefficient (Wildman–Crippen LogP) is 5.92. The predicted molar refractivity (Wildman–Crippen MR) is 132 cm³/mol. The molecular weight excluding hydrogens is 414 g/mol. The van der Waals surface area contributed by atoms with E-state index in [9.17, 15) is 4.79 Å². The molecule has 0 unspecified atom stereocenters. The number of ether oxygens (including phenoxy) is 1. The molecule has 0 saturated heterocycles. The Morgan fingerprint density at radius 1 is 0.818 bits per heavy atom. The van der Waals surface area contributed by atoms with Crippen molar-refractivity contribution in [3.8, 4) is 5.75 Å². The third-order valence-corrected chi connectivity index (χ3v) is 4.83. The summed E-state index contributed by atoms with van der Waals surface area (Å²) >= 11 is 0. The van der Waals surface area contributed by atoms with Gasteiger partial charge in [-0.15, -0.1) is 0 Å². The molecule has 3 aromatic carbocycles. The van der Waals surface area contributed by atoms with E-state index >= 15 is 0 Å². The Balaban J connectivity index is 1.69. The van der Waals surface area contributed by atoms with Gasteiger partial charge < -0.3 is 20.7 Å². The Morgan fingerprint density at radius 3 is 2.09 bits per heavy atom. The largest absolute Gasteiger partial charge is 0.493 e. The number of nitrogens with one attached hydrogen (secondary N) is 3. The number of aromatic nitrogens is 2. The molecule has 0 saturated carbocycles. The Bertz CT molecular complexity index is 1230. The van der Waals surface area contributed by atoms with E-state index in [1.54, 1.807) is 18.2 Å². The van der Waals surface area contributed by atoms with E-state index in [1.165, 1.54) is 0 Å². The van der Waals surface area contributed by atoms with Crippen LogP contribution in [-0.4, -0.2) is 22.5 Å². The van der Waals surface area contributed by atoms with E-state index in [0.717, 1.165) is 11.4 Å². The number of benzene rings is 3. The quantitative estimate of drug-likeness (QED) is 0.316. The summed E-state index contributed by atoms with van der Waals surface area (Å²) in [4.78, 5) is 22.4. The van der Waals surface area contributed by atoms with Gasteiger partial charge in [-0.05, 0) is 50.2 Å². The van der Waals surface area contributed by atoms with Crippen LogP contribution in [0.25, 0.3) is 0 Å². The van der Waals surface area contributed by atoms with E-state index in [2.05, 4.69) is 25.9 Å². The van der Waals surface area contributed by atoms with Crippen molar-refractivity contribution >= 4 is 34.7 Å². The molecule has 0 aliphatic heterocycles. The van der Waals surface area contributed by atoms with Crippen LogP contribution in [0.4, 0.5) is 28.8 Å². The summed E-state index contributed by atoms with van der Waals surface area (Å²) in [5, 5.41) is 9.48. The smallest absolute Gasteiger partial charge is 0.259 e. The van der Waals surface area contributed by atoms with Gasteiger partial charge in [0.15, 0.2) is 5.82 Å². The van der Waals surface area contributed by atoms with Crippen molar-refractivity contribution in [3.63, 3.8) is 0 Å². The monoisotopic (exact) mass is 439 g/mol. The molecule has 166 valence electrons. The van der Waals surface area contributed by atoms with Crippen LogP contribution >= 0.6 is 0 Å². The molecule has 7 nitrogen and oxygen atoms in total. The lowest BCUT2D eigenvalue weighted by molar-refractivity contribution is 0.102. The van der Waals surface area contributed by atoms with Crippen LogP contribution in [0.15, 0.2) is 84.9 Å². The van der Waals surface area contributed by atoms with Gasteiger partial charge in [-0.25, -0.2) is 4.98 Å². The topological polar surface area (TPSA) is 88.2 Å². The van der Waals surface area contributed by atoms with Crippen molar-refractivity contribution in [2.75, 3.05) is 22.6 Å². The standard InChI is InChI=1S/C26H25N5O2/c1-3-33-22-17-11-10-16-21(22)25(32)30-23-18(2)27-26(29-20-14-8-5-9-15-20)31-24(23)28-19-12-6-4-7-13-19/h4-17H,3H2,1-2H3,(H,30,32)(H2,27,28,29,31). The zero-order chi connectivity index (χ0) is 23.0. The lowest BCUT2D eigenvalue weighted by Gasteiger charge is -2.17. The van der Waals surface area contributed by atoms with Gasteiger partial charge in [0.25, 0.3) is 5.91 Å². The SMILES string of the molecule is CCOc1ccccc1C(=O)Nc1c(C)nc(Nc2ccccc2)nc1Nc1ccccc1. The van der Waals surface area contributed by atoms with Crippen molar-refractivity contribution in [2.24, 2.45) is 0 Å². The fourth-order valence-electron chi connectivity index (χ4n) is 3.29. The molecule has 0 spiro atoms. The number of amides is 1. The molecule has 0 aliphatic rings. The van der Waals surface area contributed by atoms with Crippen molar-refractivity contribution in [1.82, 2.24) is 9.97 Å². The first-order chi connectivity index (χ1) is 16.1. The van der Waals surface area contributed by atoms with Crippen molar-refractivity contribution in [1.29, 1.82) is 0 Å². The van der Waals surface area contributed by atoms with Crippen LogP contribution in [0.3, 0.4) is 0 Å². The summed E-state index contributed by atoms with van der Waals surface area (Å²) in [6, 6.07) is 26.5. The minimum Gasteiger partial charge on any atom is -0.493 e. The van der Waals surface area contributed by atoms with Crippen LogP contribution in [0.1, 0.15) is 23.0 Å². The van der Waals surface area contributed by atoms with E-state index in [-0.39, 0.29) is 5.91 Å². The average molecular weight is 440 g/mol. The number of rotatable bonds is 8. The second-order valence-corrected chi connectivity index (χ2v) is 7.22. The molecule has 0 radical (unpaired) electrons. The van der Waals surface area contributed by atoms with Crippen LogP contribution < -0.4 is 20.7 Å². The van der Waals surface area contributed by atoms with Gasteiger partial charge in [-0.1, -0.05) is 48.5 Å². The van der Waals surface area contributed by atoms with Gasteiger partial charge in [-0.2, -0.15) is 4.98 Å². The molecule has 33 heavy (non-hydrogen) atoms. The summed E-state index contributed by atoms with van der Waals surface area (Å²) in [5.74, 6) is 1.13. The fourth-order valence-corrected chi connectivity index (χ4v) is 3.29.